The Morgan fingerprint density at radius 2 is 1.90 bits per heavy atom. The van der Waals surface area contributed by atoms with Crippen LogP contribution in [0, 0.1) is 12.8 Å². The second-order valence-electron chi connectivity index (χ2n) is 6.07. The van der Waals surface area contributed by atoms with E-state index in [2.05, 4.69) is 22.1 Å². The van der Waals surface area contributed by atoms with E-state index < -0.39 is 0 Å². The van der Waals surface area contributed by atoms with Gasteiger partial charge in [0.1, 0.15) is 17.5 Å². The number of amides is 1. The van der Waals surface area contributed by atoms with Gasteiger partial charge in [0.05, 0.1) is 0 Å². The van der Waals surface area contributed by atoms with Crippen molar-refractivity contribution in [3.05, 3.63) is 11.4 Å². The number of rotatable bonds is 4. The van der Waals surface area contributed by atoms with Crippen LogP contribution in [-0.2, 0) is 4.79 Å². The van der Waals surface area contributed by atoms with Gasteiger partial charge in [0.25, 0.3) is 0 Å². The maximum Gasteiger partial charge on any atom is 0.220 e. The smallest absolute Gasteiger partial charge is 0.220 e. The molecule has 0 unspecified atom stereocenters. The Kier molecular flexibility index (Phi) is 3.69. The Morgan fingerprint density at radius 1 is 1.24 bits per heavy atom. The molecular weight excluding hydrogens is 266 g/mol. The fourth-order valence-electron chi connectivity index (χ4n) is 2.97. The molecule has 6 nitrogen and oxygen atoms in total. The van der Waals surface area contributed by atoms with E-state index in [1.54, 1.807) is 0 Å². The first-order chi connectivity index (χ1) is 10.1. The summed E-state index contributed by atoms with van der Waals surface area (Å²) in [7, 11) is 1.90. The fraction of sp³-hybridized carbons (Fsp3) is 0.667. The molecule has 1 aromatic rings. The molecule has 2 fully saturated rings. The number of aromatic nitrogens is 2. The summed E-state index contributed by atoms with van der Waals surface area (Å²) < 4.78 is 0. The molecule has 3 rings (SSSR count). The molecule has 1 saturated heterocycles. The van der Waals surface area contributed by atoms with Crippen LogP contribution in [0.5, 0.6) is 0 Å². The number of hydrogen-bond donors (Lipinski definition) is 2. The lowest BCUT2D eigenvalue weighted by Crippen LogP contribution is -2.39. The van der Waals surface area contributed by atoms with Gasteiger partial charge in [0.15, 0.2) is 0 Å². The van der Waals surface area contributed by atoms with Gasteiger partial charge in [-0.1, -0.05) is 0 Å². The van der Waals surface area contributed by atoms with Crippen LogP contribution in [0.2, 0.25) is 0 Å². The summed E-state index contributed by atoms with van der Waals surface area (Å²) in [6.07, 6.45) is 4.00. The summed E-state index contributed by atoms with van der Waals surface area (Å²) in [4.78, 5) is 23.0. The molecule has 6 heteroatoms. The molecule has 1 saturated carbocycles. The van der Waals surface area contributed by atoms with Gasteiger partial charge < -0.3 is 16.0 Å². The Hall–Kier alpha value is -1.85. The molecule has 1 aliphatic carbocycles. The van der Waals surface area contributed by atoms with Gasteiger partial charge in [-0.05, 0) is 32.6 Å². The van der Waals surface area contributed by atoms with Crippen molar-refractivity contribution in [1.29, 1.82) is 0 Å². The number of nitrogens with zero attached hydrogens (tertiary/aromatic N) is 3. The number of nitrogens with two attached hydrogens (primary N) is 1. The van der Waals surface area contributed by atoms with Crippen LogP contribution in [0.3, 0.4) is 0 Å². The highest BCUT2D eigenvalue weighted by atomic mass is 16.1. The van der Waals surface area contributed by atoms with Crippen molar-refractivity contribution < 1.29 is 4.79 Å². The van der Waals surface area contributed by atoms with Crippen LogP contribution in [0.1, 0.15) is 43.0 Å². The first kappa shape index (κ1) is 14.1. The summed E-state index contributed by atoms with van der Waals surface area (Å²) >= 11 is 0. The minimum Gasteiger partial charge on any atom is -0.373 e. The van der Waals surface area contributed by atoms with E-state index in [4.69, 9.17) is 10.7 Å². The fourth-order valence-corrected chi connectivity index (χ4v) is 2.97. The second kappa shape index (κ2) is 5.50. The number of primary amides is 1. The molecular formula is C15H23N5O. The maximum absolute atomic E-state index is 11.3. The molecule has 1 aromatic heterocycles. The minimum atomic E-state index is -0.177. The van der Waals surface area contributed by atoms with Crippen molar-refractivity contribution in [2.24, 2.45) is 11.7 Å². The van der Waals surface area contributed by atoms with Crippen LogP contribution in [0.15, 0.2) is 0 Å². The van der Waals surface area contributed by atoms with Crippen LogP contribution in [-0.4, -0.2) is 36.0 Å². The lowest BCUT2D eigenvalue weighted by Gasteiger charge is -2.32. The summed E-state index contributed by atoms with van der Waals surface area (Å²) in [6.45, 7) is 3.72. The normalized spacial score (nSPS) is 19.6. The summed E-state index contributed by atoms with van der Waals surface area (Å²) in [6, 6.07) is 0. The molecule has 2 heterocycles. The maximum atomic E-state index is 11.3. The number of anilines is 2. The standard InChI is InChI=1S/C15H23N5O/c1-9-13(17-2)18-14(11-3-4-11)19-15(9)20-7-5-10(6-8-20)12(16)21/h10-11H,3-8H2,1-2H3,(H2,16,21)(H,17,18,19). The number of nitrogens with one attached hydrogen (secondary N) is 1. The molecule has 0 spiro atoms. The summed E-state index contributed by atoms with van der Waals surface area (Å²) in [5.41, 5.74) is 6.49. The summed E-state index contributed by atoms with van der Waals surface area (Å²) in [5, 5.41) is 3.17. The zero-order valence-electron chi connectivity index (χ0n) is 12.7. The Morgan fingerprint density at radius 3 is 2.43 bits per heavy atom. The molecule has 0 atom stereocenters. The van der Waals surface area contributed by atoms with Crippen LogP contribution < -0.4 is 16.0 Å². The van der Waals surface area contributed by atoms with Crippen LogP contribution in [0.4, 0.5) is 11.6 Å². The Bertz CT molecular complexity index is 547. The van der Waals surface area contributed by atoms with E-state index in [1.165, 1.54) is 12.8 Å². The van der Waals surface area contributed by atoms with E-state index in [9.17, 15) is 4.79 Å². The highest BCUT2D eigenvalue weighted by molar-refractivity contribution is 5.77. The molecule has 0 bridgehead atoms. The van der Waals surface area contributed by atoms with Gasteiger partial charge in [0.2, 0.25) is 5.91 Å². The third-order valence-corrected chi connectivity index (χ3v) is 4.51. The first-order valence-corrected chi connectivity index (χ1v) is 7.70. The van der Waals surface area contributed by atoms with Crippen molar-refractivity contribution in [3.8, 4) is 0 Å². The monoisotopic (exact) mass is 289 g/mol. The largest absolute Gasteiger partial charge is 0.373 e. The van der Waals surface area contributed by atoms with Crippen molar-refractivity contribution >= 4 is 17.5 Å². The van der Waals surface area contributed by atoms with E-state index in [0.717, 1.165) is 49.0 Å². The SMILES string of the molecule is CNc1nc(C2CC2)nc(N2CCC(C(N)=O)CC2)c1C. The Labute approximate surface area is 125 Å². The van der Waals surface area contributed by atoms with Gasteiger partial charge in [-0.25, -0.2) is 9.97 Å². The number of piperidine rings is 1. The van der Waals surface area contributed by atoms with Crippen molar-refractivity contribution in [2.45, 2.75) is 38.5 Å². The van der Waals surface area contributed by atoms with E-state index in [-0.39, 0.29) is 11.8 Å². The van der Waals surface area contributed by atoms with Crippen molar-refractivity contribution in [2.75, 3.05) is 30.4 Å². The molecule has 21 heavy (non-hydrogen) atoms. The Balaban J connectivity index is 1.84. The highest BCUT2D eigenvalue weighted by Gasteiger charge is 2.30. The predicted molar refractivity (Wildman–Crippen MR) is 82.4 cm³/mol. The third-order valence-electron chi connectivity index (χ3n) is 4.51. The summed E-state index contributed by atoms with van der Waals surface area (Å²) in [5.74, 6) is 3.24. The molecule has 0 radical (unpaired) electrons. The second-order valence-corrected chi connectivity index (χ2v) is 6.07. The van der Waals surface area contributed by atoms with Crippen LogP contribution >= 0.6 is 0 Å². The van der Waals surface area contributed by atoms with E-state index >= 15 is 0 Å². The van der Waals surface area contributed by atoms with Crippen molar-refractivity contribution in [1.82, 2.24) is 9.97 Å². The highest BCUT2D eigenvalue weighted by Crippen LogP contribution is 2.40. The first-order valence-electron chi connectivity index (χ1n) is 7.70. The third kappa shape index (κ3) is 2.80. The van der Waals surface area contributed by atoms with Crippen LogP contribution in [0.25, 0.3) is 0 Å². The van der Waals surface area contributed by atoms with Crippen molar-refractivity contribution in [3.63, 3.8) is 0 Å². The van der Waals surface area contributed by atoms with E-state index in [1.807, 2.05) is 7.05 Å². The zero-order valence-corrected chi connectivity index (χ0v) is 12.7. The number of carbonyl (C=O) groups is 1. The lowest BCUT2D eigenvalue weighted by atomic mass is 9.96. The van der Waals surface area contributed by atoms with Gasteiger partial charge >= 0.3 is 0 Å². The van der Waals surface area contributed by atoms with E-state index in [0.29, 0.717) is 5.92 Å². The average molecular weight is 289 g/mol. The minimum absolute atomic E-state index is 0.00932. The molecule has 0 aromatic carbocycles. The average Bonchev–Trinajstić information content (AvgIpc) is 3.32. The molecule has 1 aliphatic heterocycles. The van der Waals surface area contributed by atoms with Gasteiger partial charge in [0, 0.05) is 37.5 Å². The van der Waals surface area contributed by atoms with Gasteiger partial charge in [-0.2, -0.15) is 0 Å². The molecule has 2 aliphatic rings. The number of hydrogen-bond acceptors (Lipinski definition) is 5. The number of carbonyl (C=O) groups excluding carboxylic acids is 1. The van der Waals surface area contributed by atoms with Gasteiger partial charge in [-0.3, -0.25) is 4.79 Å². The topological polar surface area (TPSA) is 84.1 Å². The molecule has 1 amide bonds. The lowest BCUT2D eigenvalue weighted by molar-refractivity contribution is -0.122. The molecule has 3 N–H and O–H groups in total. The van der Waals surface area contributed by atoms with Gasteiger partial charge in [-0.15, -0.1) is 0 Å². The predicted octanol–water partition coefficient (Wildman–Crippen LogP) is 1.41. The molecule has 114 valence electrons. The zero-order chi connectivity index (χ0) is 15.0. The quantitative estimate of drug-likeness (QED) is 0.875.